The molecule has 0 bridgehead atoms. The van der Waals surface area contributed by atoms with Crippen LogP contribution in [0.4, 0.5) is 24.7 Å². The van der Waals surface area contributed by atoms with Crippen LogP contribution in [0.3, 0.4) is 0 Å². The molecule has 0 aliphatic carbocycles. The van der Waals surface area contributed by atoms with Crippen LogP contribution in [0, 0.1) is 0 Å². The Kier molecular flexibility index (Phi) is 6.36. The van der Waals surface area contributed by atoms with Gasteiger partial charge in [0.15, 0.2) is 5.65 Å². The minimum Gasteiger partial charge on any atom is -0.367 e. The second-order valence-electron chi connectivity index (χ2n) is 10.1. The van der Waals surface area contributed by atoms with E-state index in [2.05, 4.69) is 45.0 Å². The third kappa shape index (κ3) is 4.88. The van der Waals surface area contributed by atoms with Crippen LogP contribution in [0.5, 0.6) is 0 Å². The predicted molar refractivity (Wildman–Crippen MR) is 141 cm³/mol. The summed E-state index contributed by atoms with van der Waals surface area (Å²) in [4.78, 5) is 32.3. The highest BCUT2D eigenvalue weighted by atomic mass is 19.4. The maximum atomic E-state index is 13.2. The van der Waals surface area contributed by atoms with Crippen molar-refractivity contribution in [1.29, 1.82) is 0 Å². The minimum absolute atomic E-state index is 0.00104. The van der Waals surface area contributed by atoms with Gasteiger partial charge in [-0.2, -0.15) is 13.2 Å². The number of imidazole rings is 1. The van der Waals surface area contributed by atoms with Gasteiger partial charge in [0.25, 0.3) is 0 Å². The number of aromatic nitrogens is 4. The van der Waals surface area contributed by atoms with Gasteiger partial charge in [0.05, 0.1) is 11.9 Å². The maximum Gasteiger partial charge on any atom is 0.417 e. The first-order valence-electron chi connectivity index (χ1n) is 13.0. The molecule has 0 radical (unpaired) electrons. The number of halogens is 3. The Bertz CT molecular complexity index is 1500. The molecule has 0 N–H and O–H groups in total. The second-order valence-corrected chi connectivity index (χ2v) is 10.1. The van der Waals surface area contributed by atoms with Gasteiger partial charge in [-0.15, -0.1) is 0 Å². The van der Waals surface area contributed by atoms with Crippen LogP contribution in [0.15, 0.2) is 61.2 Å². The number of fused-ring (bicyclic) bond motifs is 2. The molecule has 2 aliphatic heterocycles. The summed E-state index contributed by atoms with van der Waals surface area (Å²) in [5.41, 5.74) is 4.21. The molecule has 6 rings (SSSR count). The van der Waals surface area contributed by atoms with Crippen molar-refractivity contribution < 1.29 is 18.0 Å². The predicted octanol–water partition coefficient (Wildman–Crippen LogP) is 4.15. The maximum absolute atomic E-state index is 13.2. The molecule has 8 nitrogen and oxygen atoms in total. The summed E-state index contributed by atoms with van der Waals surface area (Å²) in [6, 6.07) is 12.5. The van der Waals surface area contributed by atoms with Crippen LogP contribution in [-0.4, -0.2) is 62.5 Å². The van der Waals surface area contributed by atoms with E-state index >= 15 is 0 Å². The number of alkyl halides is 3. The number of carbonyl (C=O) groups is 1. The number of piperazine rings is 1. The lowest BCUT2D eigenvalue weighted by molar-refractivity contribution is -0.138. The highest BCUT2D eigenvalue weighted by Crippen LogP contribution is 2.34. The van der Waals surface area contributed by atoms with E-state index in [0.717, 1.165) is 35.5 Å². The van der Waals surface area contributed by atoms with Gasteiger partial charge >= 0.3 is 6.18 Å². The highest BCUT2D eigenvalue weighted by molar-refractivity contribution is 5.79. The fourth-order valence-corrected chi connectivity index (χ4v) is 5.59. The molecule has 1 fully saturated rings. The third-order valence-corrected chi connectivity index (χ3v) is 7.62. The fraction of sp³-hybridized carbons (Fsp3) is 0.357. The first-order chi connectivity index (χ1) is 18.8. The van der Waals surface area contributed by atoms with Gasteiger partial charge in [-0.1, -0.05) is 12.1 Å². The molecule has 1 aromatic carbocycles. The van der Waals surface area contributed by atoms with E-state index in [9.17, 15) is 18.0 Å². The molecule has 1 atom stereocenters. The number of benzene rings is 1. The number of carbonyl (C=O) groups excluding carboxylic acids is 1. The highest BCUT2D eigenvalue weighted by Gasteiger charge is 2.32. The average Bonchev–Trinajstić information content (AvgIpc) is 3.34. The molecule has 4 aromatic rings. The Morgan fingerprint density at radius 3 is 2.64 bits per heavy atom. The molecule has 1 saturated heterocycles. The molecule has 0 spiro atoms. The summed E-state index contributed by atoms with van der Waals surface area (Å²) in [6.07, 6.45) is 0.632. The summed E-state index contributed by atoms with van der Waals surface area (Å²) < 4.78 is 40.8. The van der Waals surface area contributed by atoms with E-state index in [1.165, 1.54) is 11.6 Å². The topological polar surface area (TPSA) is 70.4 Å². The lowest BCUT2D eigenvalue weighted by atomic mass is 9.96. The quantitative estimate of drug-likeness (QED) is 0.391. The van der Waals surface area contributed by atoms with Crippen molar-refractivity contribution in [2.75, 3.05) is 36.0 Å². The molecule has 1 amide bonds. The van der Waals surface area contributed by atoms with Crippen molar-refractivity contribution in [2.24, 2.45) is 0 Å². The first-order valence-corrected chi connectivity index (χ1v) is 13.0. The molecule has 11 heteroatoms. The molecule has 202 valence electrons. The Morgan fingerprint density at radius 2 is 1.87 bits per heavy atom. The number of rotatable bonds is 4. The van der Waals surface area contributed by atoms with E-state index in [4.69, 9.17) is 0 Å². The van der Waals surface area contributed by atoms with Crippen LogP contribution in [0.1, 0.15) is 23.6 Å². The summed E-state index contributed by atoms with van der Waals surface area (Å²) in [7, 11) is 0. The average molecular weight is 536 g/mol. The van der Waals surface area contributed by atoms with Gasteiger partial charge in [-0.3, -0.25) is 4.79 Å². The van der Waals surface area contributed by atoms with E-state index in [-0.39, 0.29) is 18.5 Å². The molecule has 0 saturated carbocycles. The van der Waals surface area contributed by atoms with Crippen LogP contribution in [-0.2, 0) is 30.5 Å². The Labute approximate surface area is 223 Å². The largest absolute Gasteiger partial charge is 0.417 e. The van der Waals surface area contributed by atoms with Crippen LogP contribution in [0.25, 0.3) is 11.2 Å². The minimum atomic E-state index is -4.41. The number of amides is 1. The SMILES string of the molecule is C[C@@H]1CN(c2cccc3c2CN(c2ccc(C(F)(F)F)cn2)CC3)CCN1C(=O)Cn1cnc2cccnc21. The third-order valence-electron chi connectivity index (χ3n) is 7.62. The van der Waals surface area contributed by atoms with Crippen molar-refractivity contribution in [2.45, 2.75) is 38.7 Å². The van der Waals surface area contributed by atoms with Crippen molar-refractivity contribution in [1.82, 2.24) is 24.4 Å². The Morgan fingerprint density at radius 1 is 1.00 bits per heavy atom. The second kappa shape index (κ2) is 9.87. The monoisotopic (exact) mass is 535 g/mol. The summed E-state index contributed by atoms with van der Waals surface area (Å²) >= 11 is 0. The molecule has 2 aliphatic rings. The fourth-order valence-electron chi connectivity index (χ4n) is 5.59. The van der Waals surface area contributed by atoms with Crippen LogP contribution in [0.2, 0.25) is 0 Å². The number of hydrogen-bond acceptors (Lipinski definition) is 6. The first kappa shape index (κ1) is 25.1. The van der Waals surface area contributed by atoms with Gasteiger partial charge < -0.3 is 19.3 Å². The number of anilines is 2. The van der Waals surface area contributed by atoms with Gasteiger partial charge in [0.2, 0.25) is 5.91 Å². The van der Waals surface area contributed by atoms with Crippen LogP contribution >= 0.6 is 0 Å². The van der Waals surface area contributed by atoms with E-state index in [1.54, 1.807) is 17.1 Å². The summed E-state index contributed by atoms with van der Waals surface area (Å²) in [6.45, 7) is 5.46. The van der Waals surface area contributed by atoms with Crippen molar-refractivity contribution in [3.05, 3.63) is 77.9 Å². The van der Waals surface area contributed by atoms with Crippen molar-refractivity contribution in [3.8, 4) is 0 Å². The van der Waals surface area contributed by atoms with E-state index in [0.29, 0.717) is 44.2 Å². The number of nitrogens with zero attached hydrogens (tertiary/aromatic N) is 7. The summed E-state index contributed by atoms with van der Waals surface area (Å²) in [5.74, 6) is 0.565. The number of pyridine rings is 2. The zero-order valence-corrected chi connectivity index (χ0v) is 21.5. The van der Waals surface area contributed by atoms with E-state index < -0.39 is 11.7 Å². The zero-order chi connectivity index (χ0) is 27.1. The molecule has 3 aromatic heterocycles. The zero-order valence-electron chi connectivity index (χ0n) is 21.5. The Balaban J connectivity index is 1.16. The van der Waals surface area contributed by atoms with Crippen molar-refractivity contribution >= 4 is 28.6 Å². The number of hydrogen-bond donors (Lipinski definition) is 0. The smallest absolute Gasteiger partial charge is 0.367 e. The normalized spacial score (nSPS) is 17.9. The van der Waals surface area contributed by atoms with Crippen LogP contribution < -0.4 is 9.80 Å². The summed E-state index contributed by atoms with van der Waals surface area (Å²) in [5, 5.41) is 0. The van der Waals surface area contributed by atoms with Crippen molar-refractivity contribution in [3.63, 3.8) is 0 Å². The van der Waals surface area contributed by atoms with E-state index in [1.807, 2.05) is 21.9 Å². The molecule has 0 unspecified atom stereocenters. The standard InChI is InChI=1S/C28H28F3N7O/c1-19-15-35(12-13-38(19)26(39)17-37-18-34-23-5-3-10-32-27(23)37)24-6-2-4-20-9-11-36(16-22(20)24)25-8-7-21(14-33-25)28(29,30)31/h2-8,10,14,18-19H,9,11-13,15-17H2,1H3/t19-/m1/s1. The lowest BCUT2D eigenvalue weighted by Gasteiger charge is -2.43. The van der Waals surface area contributed by atoms with Gasteiger partial charge in [0, 0.05) is 56.8 Å². The molecule has 5 heterocycles. The van der Waals surface area contributed by atoms with Gasteiger partial charge in [0.1, 0.15) is 17.9 Å². The van der Waals surface area contributed by atoms with Gasteiger partial charge in [-0.25, -0.2) is 15.0 Å². The molecule has 39 heavy (non-hydrogen) atoms. The lowest BCUT2D eigenvalue weighted by Crippen LogP contribution is -2.55. The van der Waals surface area contributed by atoms with Gasteiger partial charge in [-0.05, 0) is 54.8 Å². The Hall–Kier alpha value is -4.15. The molecular weight excluding hydrogens is 507 g/mol. The molecular formula is C28H28F3N7O.